The lowest BCUT2D eigenvalue weighted by atomic mass is 9.98. The summed E-state index contributed by atoms with van der Waals surface area (Å²) in [5.74, 6) is 0.632. The van der Waals surface area contributed by atoms with Crippen LogP contribution >= 0.6 is 11.3 Å². The van der Waals surface area contributed by atoms with Gasteiger partial charge in [-0.2, -0.15) is 0 Å². The predicted octanol–water partition coefficient (Wildman–Crippen LogP) is 3.83. The van der Waals surface area contributed by atoms with Gasteiger partial charge >= 0.3 is 0 Å². The molecule has 0 saturated heterocycles. The van der Waals surface area contributed by atoms with Gasteiger partial charge in [0, 0.05) is 24.5 Å². The Morgan fingerprint density at radius 2 is 1.83 bits per heavy atom. The number of ether oxygens (including phenoxy) is 1. The number of nitrogens with one attached hydrogen (secondary N) is 1. The van der Waals surface area contributed by atoms with Crippen LogP contribution in [0.25, 0.3) is 0 Å². The second-order valence-electron chi connectivity index (χ2n) is 7.05. The van der Waals surface area contributed by atoms with Crippen LogP contribution in [-0.2, 0) is 23.0 Å². The minimum absolute atomic E-state index is 0.00335. The van der Waals surface area contributed by atoms with E-state index in [1.807, 2.05) is 11.4 Å². The summed E-state index contributed by atoms with van der Waals surface area (Å²) in [6, 6.07) is 19.0. The fourth-order valence-corrected chi connectivity index (χ4v) is 5.60. The summed E-state index contributed by atoms with van der Waals surface area (Å²) in [6.45, 7) is 2.06. The lowest BCUT2D eigenvalue weighted by molar-refractivity contribution is 0.183. The van der Waals surface area contributed by atoms with Crippen molar-refractivity contribution in [3.63, 3.8) is 0 Å². The molecule has 7 heteroatoms. The van der Waals surface area contributed by atoms with Crippen molar-refractivity contribution < 1.29 is 13.2 Å². The van der Waals surface area contributed by atoms with Gasteiger partial charge in [-0.25, -0.2) is 13.1 Å². The second-order valence-corrected chi connectivity index (χ2v) is 9.79. The molecule has 2 aromatic carbocycles. The number of methoxy groups -OCH3 is 1. The normalized spacial score (nSPS) is 15.6. The van der Waals surface area contributed by atoms with Gasteiger partial charge in [0.05, 0.1) is 18.0 Å². The van der Waals surface area contributed by atoms with Crippen LogP contribution in [0.1, 0.15) is 22.0 Å². The van der Waals surface area contributed by atoms with Crippen molar-refractivity contribution in [1.29, 1.82) is 0 Å². The highest BCUT2D eigenvalue weighted by Crippen LogP contribution is 2.30. The van der Waals surface area contributed by atoms with E-state index in [-0.39, 0.29) is 10.9 Å². The van der Waals surface area contributed by atoms with Crippen LogP contribution in [0.2, 0.25) is 0 Å². The largest absolute Gasteiger partial charge is 0.497 e. The lowest BCUT2D eigenvalue weighted by Gasteiger charge is -2.35. The van der Waals surface area contributed by atoms with Crippen LogP contribution in [0, 0.1) is 0 Å². The molecule has 1 aliphatic heterocycles. The van der Waals surface area contributed by atoms with E-state index in [4.69, 9.17) is 4.74 Å². The maximum absolute atomic E-state index is 12.8. The Morgan fingerprint density at radius 3 is 2.52 bits per heavy atom. The minimum Gasteiger partial charge on any atom is -0.497 e. The van der Waals surface area contributed by atoms with Gasteiger partial charge in [0.25, 0.3) is 0 Å². The van der Waals surface area contributed by atoms with E-state index in [1.165, 1.54) is 16.0 Å². The molecule has 4 rings (SSSR count). The number of sulfonamides is 1. The van der Waals surface area contributed by atoms with Gasteiger partial charge in [0.1, 0.15) is 5.75 Å². The zero-order valence-electron chi connectivity index (χ0n) is 16.2. The number of nitrogens with zero attached hydrogens (tertiary/aromatic N) is 1. The third-order valence-corrected chi connectivity index (χ3v) is 7.72. The average Bonchev–Trinajstić information content (AvgIpc) is 3.28. The maximum Gasteiger partial charge on any atom is 0.240 e. The quantitative estimate of drug-likeness (QED) is 0.621. The Hall–Kier alpha value is -2.19. The fraction of sp³-hybridized carbons (Fsp3) is 0.273. The summed E-state index contributed by atoms with van der Waals surface area (Å²) in [5, 5.41) is 2.04. The van der Waals surface area contributed by atoms with Crippen molar-refractivity contribution in [2.75, 3.05) is 20.2 Å². The van der Waals surface area contributed by atoms with Crippen LogP contribution in [0.4, 0.5) is 0 Å². The van der Waals surface area contributed by atoms with Crippen LogP contribution in [0.15, 0.2) is 70.9 Å². The number of fused-ring (bicyclic) bond motifs is 1. The first kappa shape index (κ1) is 20.1. The highest BCUT2D eigenvalue weighted by Gasteiger charge is 2.27. The van der Waals surface area contributed by atoms with Crippen LogP contribution < -0.4 is 9.46 Å². The SMILES string of the molecule is COc1ccc(S(=O)(=O)NC[C@@H](c2cccs2)N2CCc3ccccc3C2)cc1. The molecule has 0 saturated carbocycles. The Balaban J connectivity index is 1.52. The molecule has 0 amide bonds. The third kappa shape index (κ3) is 4.53. The van der Waals surface area contributed by atoms with E-state index in [2.05, 4.69) is 40.0 Å². The molecule has 1 N–H and O–H groups in total. The lowest BCUT2D eigenvalue weighted by Crippen LogP contribution is -2.40. The zero-order chi connectivity index (χ0) is 20.3. The predicted molar refractivity (Wildman–Crippen MR) is 116 cm³/mol. The Morgan fingerprint density at radius 1 is 1.07 bits per heavy atom. The number of benzene rings is 2. The molecule has 0 bridgehead atoms. The summed E-state index contributed by atoms with van der Waals surface area (Å²) in [5.41, 5.74) is 2.70. The molecule has 0 radical (unpaired) electrons. The first-order valence-electron chi connectivity index (χ1n) is 9.55. The van der Waals surface area contributed by atoms with Gasteiger partial charge < -0.3 is 4.74 Å². The topological polar surface area (TPSA) is 58.6 Å². The van der Waals surface area contributed by atoms with Crippen molar-refractivity contribution in [3.05, 3.63) is 82.0 Å². The Kier molecular flexibility index (Phi) is 6.01. The van der Waals surface area contributed by atoms with Crippen molar-refractivity contribution in [2.24, 2.45) is 0 Å². The van der Waals surface area contributed by atoms with Crippen molar-refractivity contribution in [1.82, 2.24) is 9.62 Å². The molecule has 2 heterocycles. The van der Waals surface area contributed by atoms with Gasteiger partial charge in [0.2, 0.25) is 10.0 Å². The number of hydrogen-bond donors (Lipinski definition) is 1. The summed E-state index contributed by atoms with van der Waals surface area (Å²) in [6.07, 6.45) is 0.975. The second kappa shape index (κ2) is 8.67. The van der Waals surface area contributed by atoms with Gasteiger partial charge in [-0.05, 0) is 53.3 Å². The highest BCUT2D eigenvalue weighted by atomic mass is 32.2. The molecule has 1 aliphatic rings. The van der Waals surface area contributed by atoms with E-state index < -0.39 is 10.0 Å². The van der Waals surface area contributed by atoms with E-state index in [0.717, 1.165) is 19.5 Å². The van der Waals surface area contributed by atoms with Crippen molar-refractivity contribution in [3.8, 4) is 5.75 Å². The standard InChI is InChI=1S/C22H24N2O3S2/c1-27-19-8-10-20(11-9-19)29(25,26)23-15-21(22-7-4-14-28-22)24-13-12-17-5-2-3-6-18(17)16-24/h2-11,14,21,23H,12-13,15-16H2,1H3/t21-/m0/s1. The smallest absolute Gasteiger partial charge is 0.240 e. The molecule has 152 valence electrons. The van der Waals surface area contributed by atoms with Crippen molar-refractivity contribution in [2.45, 2.75) is 23.9 Å². The average molecular weight is 429 g/mol. The summed E-state index contributed by atoms with van der Waals surface area (Å²) in [7, 11) is -2.04. The Bertz CT molecular complexity index is 1050. The molecule has 1 aromatic heterocycles. The van der Waals surface area contributed by atoms with Crippen LogP contribution in [0.5, 0.6) is 5.75 Å². The first-order chi connectivity index (χ1) is 14.1. The molecular formula is C22H24N2O3S2. The molecule has 0 spiro atoms. The van der Waals surface area contributed by atoms with E-state index >= 15 is 0 Å². The fourth-order valence-electron chi connectivity index (χ4n) is 3.70. The first-order valence-corrected chi connectivity index (χ1v) is 11.9. The minimum atomic E-state index is -3.60. The molecular weight excluding hydrogens is 404 g/mol. The molecule has 1 atom stereocenters. The summed E-state index contributed by atoms with van der Waals surface area (Å²) >= 11 is 1.66. The molecule has 3 aromatic rings. The summed E-state index contributed by atoms with van der Waals surface area (Å²) in [4.78, 5) is 3.78. The van der Waals surface area contributed by atoms with Gasteiger partial charge in [-0.15, -0.1) is 11.3 Å². The maximum atomic E-state index is 12.8. The highest BCUT2D eigenvalue weighted by molar-refractivity contribution is 7.89. The van der Waals surface area contributed by atoms with Gasteiger partial charge in [-0.1, -0.05) is 30.3 Å². The molecule has 5 nitrogen and oxygen atoms in total. The van der Waals surface area contributed by atoms with Crippen LogP contribution in [-0.4, -0.2) is 33.5 Å². The molecule has 0 unspecified atom stereocenters. The number of rotatable bonds is 7. The van der Waals surface area contributed by atoms with E-state index in [9.17, 15) is 8.42 Å². The van der Waals surface area contributed by atoms with E-state index in [0.29, 0.717) is 12.3 Å². The Labute approximate surface area is 176 Å². The molecule has 0 aliphatic carbocycles. The van der Waals surface area contributed by atoms with Crippen LogP contribution in [0.3, 0.4) is 0 Å². The number of thiophene rings is 1. The molecule has 29 heavy (non-hydrogen) atoms. The zero-order valence-corrected chi connectivity index (χ0v) is 17.9. The third-order valence-electron chi connectivity index (χ3n) is 5.31. The molecule has 0 fully saturated rings. The van der Waals surface area contributed by atoms with Crippen molar-refractivity contribution >= 4 is 21.4 Å². The summed E-state index contributed by atoms with van der Waals surface area (Å²) < 4.78 is 33.6. The monoisotopic (exact) mass is 428 g/mol. The van der Waals surface area contributed by atoms with Gasteiger partial charge in [0.15, 0.2) is 0 Å². The van der Waals surface area contributed by atoms with E-state index in [1.54, 1.807) is 42.7 Å². The number of hydrogen-bond acceptors (Lipinski definition) is 5. The van der Waals surface area contributed by atoms with Gasteiger partial charge in [-0.3, -0.25) is 4.90 Å².